The summed E-state index contributed by atoms with van der Waals surface area (Å²) in [6.45, 7) is 4.20. The Labute approximate surface area is 190 Å². The Hall–Kier alpha value is -2.56. The number of nitrogens with one attached hydrogen (secondary N) is 1. The number of hydrogen-bond donors (Lipinski definition) is 1. The molecule has 0 aliphatic carbocycles. The fourth-order valence-corrected chi connectivity index (χ4v) is 5.75. The standard InChI is InChI=1S/C22H26N2O6S2/c1-3-31(27)20-9-5-4-8-19(20)22(26)30-16(2)21(25)23-17-10-12-18(13-11-17)32(28,29)24-14-6-7-15-24/h4-5,8-13,16H,3,6-7,14-15H2,1-2H3,(H,23,25)/t16-,31-/m0/s1. The molecule has 2 aromatic carbocycles. The molecule has 1 saturated heterocycles. The number of esters is 1. The summed E-state index contributed by atoms with van der Waals surface area (Å²) in [5.74, 6) is -0.955. The van der Waals surface area contributed by atoms with Gasteiger partial charge in [0.15, 0.2) is 6.10 Å². The van der Waals surface area contributed by atoms with Crippen LogP contribution in [0.5, 0.6) is 0 Å². The van der Waals surface area contributed by atoms with Crippen LogP contribution in [0.4, 0.5) is 5.69 Å². The van der Waals surface area contributed by atoms with Gasteiger partial charge < -0.3 is 10.1 Å². The molecular weight excluding hydrogens is 452 g/mol. The molecule has 1 N–H and O–H groups in total. The van der Waals surface area contributed by atoms with Crippen molar-refractivity contribution < 1.29 is 27.0 Å². The van der Waals surface area contributed by atoms with Gasteiger partial charge in [-0.1, -0.05) is 19.1 Å². The minimum Gasteiger partial charge on any atom is -0.449 e. The average molecular weight is 479 g/mol. The molecular formula is C22H26N2O6S2. The first kappa shape index (κ1) is 24.1. The molecule has 2 atom stereocenters. The lowest BCUT2D eigenvalue weighted by Gasteiger charge is -2.17. The van der Waals surface area contributed by atoms with Crippen LogP contribution in [0.1, 0.15) is 37.0 Å². The molecule has 1 aliphatic rings. The number of benzene rings is 2. The normalized spacial score (nSPS) is 16.3. The highest BCUT2D eigenvalue weighted by Crippen LogP contribution is 2.22. The van der Waals surface area contributed by atoms with E-state index in [9.17, 15) is 22.2 Å². The number of nitrogens with zero attached hydrogens (tertiary/aromatic N) is 1. The summed E-state index contributed by atoms with van der Waals surface area (Å²) in [5.41, 5.74) is 0.537. The summed E-state index contributed by atoms with van der Waals surface area (Å²) in [4.78, 5) is 25.5. The third-order valence-corrected chi connectivity index (χ3v) is 8.38. The molecule has 32 heavy (non-hydrogen) atoms. The molecule has 0 bridgehead atoms. The number of ether oxygens (including phenoxy) is 1. The number of hydrogen-bond acceptors (Lipinski definition) is 6. The van der Waals surface area contributed by atoms with E-state index in [0.29, 0.717) is 29.4 Å². The van der Waals surface area contributed by atoms with Crippen LogP contribution in [0.3, 0.4) is 0 Å². The third kappa shape index (κ3) is 5.43. The lowest BCUT2D eigenvalue weighted by atomic mass is 10.2. The molecule has 172 valence electrons. The molecule has 1 amide bonds. The third-order valence-electron chi connectivity index (χ3n) is 5.09. The van der Waals surface area contributed by atoms with Gasteiger partial charge in [0.25, 0.3) is 5.91 Å². The zero-order valence-electron chi connectivity index (χ0n) is 17.9. The van der Waals surface area contributed by atoms with E-state index in [0.717, 1.165) is 12.8 Å². The van der Waals surface area contributed by atoms with Crippen LogP contribution < -0.4 is 5.32 Å². The first-order valence-corrected chi connectivity index (χ1v) is 13.1. The van der Waals surface area contributed by atoms with Gasteiger partial charge in [0.1, 0.15) is 0 Å². The summed E-state index contributed by atoms with van der Waals surface area (Å²) in [5, 5.41) is 2.61. The van der Waals surface area contributed by atoms with Gasteiger partial charge in [0.2, 0.25) is 10.0 Å². The highest BCUT2D eigenvalue weighted by molar-refractivity contribution is 7.89. The van der Waals surface area contributed by atoms with E-state index >= 15 is 0 Å². The number of anilines is 1. The van der Waals surface area contributed by atoms with Crippen molar-refractivity contribution in [3.63, 3.8) is 0 Å². The van der Waals surface area contributed by atoms with E-state index in [2.05, 4.69) is 5.32 Å². The lowest BCUT2D eigenvalue weighted by molar-refractivity contribution is -0.123. The minimum absolute atomic E-state index is 0.156. The molecule has 0 unspecified atom stereocenters. The number of sulfonamides is 1. The molecule has 0 saturated carbocycles. The van der Waals surface area contributed by atoms with Crippen molar-refractivity contribution in [1.29, 1.82) is 0 Å². The average Bonchev–Trinajstić information content (AvgIpc) is 3.35. The van der Waals surface area contributed by atoms with Crippen molar-refractivity contribution in [3.05, 3.63) is 54.1 Å². The Kier molecular flexibility index (Phi) is 7.81. The Morgan fingerprint density at radius 2 is 1.72 bits per heavy atom. The SMILES string of the molecule is CC[S@](=O)c1ccccc1C(=O)O[C@@H](C)C(=O)Nc1ccc(S(=O)(=O)N2CCCC2)cc1. The summed E-state index contributed by atoms with van der Waals surface area (Å²) in [6, 6.07) is 12.3. The van der Waals surface area contributed by atoms with Crippen molar-refractivity contribution in [2.45, 2.75) is 42.6 Å². The smallest absolute Gasteiger partial charge is 0.340 e. The van der Waals surface area contributed by atoms with Crippen molar-refractivity contribution in [2.75, 3.05) is 24.2 Å². The van der Waals surface area contributed by atoms with Gasteiger partial charge in [0.05, 0.1) is 26.2 Å². The topological polar surface area (TPSA) is 110 Å². The Morgan fingerprint density at radius 1 is 1.09 bits per heavy atom. The molecule has 0 aromatic heterocycles. The first-order chi connectivity index (χ1) is 15.2. The van der Waals surface area contributed by atoms with Crippen LogP contribution in [-0.2, 0) is 30.4 Å². The summed E-state index contributed by atoms with van der Waals surface area (Å²) >= 11 is 0. The minimum atomic E-state index is -3.53. The molecule has 10 heteroatoms. The fraction of sp³-hybridized carbons (Fsp3) is 0.364. The Bertz CT molecular complexity index is 1110. The van der Waals surface area contributed by atoms with Crippen molar-refractivity contribution in [2.24, 2.45) is 0 Å². The van der Waals surface area contributed by atoms with Gasteiger partial charge in [-0.3, -0.25) is 9.00 Å². The highest BCUT2D eigenvalue weighted by atomic mass is 32.2. The van der Waals surface area contributed by atoms with E-state index < -0.39 is 38.8 Å². The van der Waals surface area contributed by atoms with E-state index in [4.69, 9.17) is 4.74 Å². The summed E-state index contributed by atoms with van der Waals surface area (Å²) < 4.78 is 44.1. The van der Waals surface area contributed by atoms with E-state index in [-0.39, 0.29) is 10.5 Å². The largest absolute Gasteiger partial charge is 0.449 e. The van der Waals surface area contributed by atoms with Gasteiger partial charge in [-0.25, -0.2) is 13.2 Å². The van der Waals surface area contributed by atoms with E-state index in [1.54, 1.807) is 25.1 Å². The predicted molar refractivity (Wildman–Crippen MR) is 121 cm³/mol. The number of rotatable bonds is 8. The second kappa shape index (κ2) is 10.4. The molecule has 3 rings (SSSR count). The van der Waals surface area contributed by atoms with Crippen LogP contribution in [0.2, 0.25) is 0 Å². The van der Waals surface area contributed by atoms with Crippen molar-refractivity contribution in [3.8, 4) is 0 Å². The number of amides is 1. The van der Waals surface area contributed by atoms with E-state index in [1.165, 1.54) is 41.6 Å². The van der Waals surface area contributed by atoms with E-state index in [1.807, 2.05) is 0 Å². The van der Waals surface area contributed by atoms with Gasteiger partial charge in [0, 0.05) is 24.5 Å². The first-order valence-electron chi connectivity index (χ1n) is 10.3. The molecule has 1 heterocycles. The summed E-state index contributed by atoms with van der Waals surface area (Å²) in [7, 11) is -4.88. The maximum atomic E-state index is 12.6. The van der Waals surface area contributed by atoms with Crippen molar-refractivity contribution in [1.82, 2.24) is 4.31 Å². The molecule has 0 spiro atoms. The monoisotopic (exact) mass is 478 g/mol. The fourth-order valence-electron chi connectivity index (χ4n) is 3.30. The zero-order valence-corrected chi connectivity index (χ0v) is 19.6. The summed E-state index contributed by atoms with van der Waals surface area (Å²) in [6.07, 6.45) is 0.588. The molecule has 0 radical (unpaired) electrons. The van der Waals surface area contributed by atoms with Gasteiger partial charge >= 0.3 is 5.97 Å². The quantitative estimate of drug-likeness (QED) is 0.584. The maximum absolute atomic E-state index is 12.6. The predicted octanol–water partition coefficient (Wildman–Crippen LogP) is 2.78. The Morgan fingerprint density at radius 3 is 2.34 bits per heavy atom. The van der Waals surface area contributed by atoms with Gasteiger partial charge in [-0.2, -0.15) is 4.31 Å². The molecule has 8 nitrogen and oxygen atoms in total. The zero-order chi connectivity index (χ0) is 23.3. The van der Waals surface area contributed by atoms with Crippen LogP contribution in [0.15, 0.2) is 58.3 Å². The van der Waals surface area contributed by atoms with Gasteiger partial charge in [-0.15, -0.1) is 0 Å². The number of carbonyl (C=O) groups excluding carboxylic acids is 2. The van der Waals surface area contributed by atoms with Crippen molar-refractivity contribution >= 4 is 38.4 Å². The molecule has 2 aromatic rings. The maximum Gasteiger partial charge on any atom is 0.340 e. The second-order valence-corrected chi connectivity index (χ2v) is 10.9. The highest BCUT2D eigenvalue weighted by Gasteiger charge is 2.27. The second-order valence-electron chi connectivity index (χ2n) is 7.30. The van der Waals surface area contributed by atoms with Crippen LogP contribution >= 0.6 is 0 Å². The number of carbonyl (C=O) groups is 2. The van der Waals surface area contributed by atoms with Crippen LogP contribution in [0, 0.1) is 0 Å². The Balaban J connectivity index is 1.64. The van der Waals surface area contributed by atoms with Crippen LogP contribution in [0.25, 0.3) is 0 Å². The molecule has 1 aliphatic heterocycles. The molecule has 1 fully saturated rings. The van der Waals surface area contributed by atoms with Crippen LogP contribution in [-0.4, -0.2) is 53.8 Å². The lowest BCUT2D eigenvalue weighted by Crippen LogP contribution is -2.30. The van der Waals surface area contributed by atoms with Gasteiger partial charge in [-0.05, 0) is 56.2 Å².